The number of piperidine rings is 1. The largest absolute Gasteiger partial charge is 0.391 e. The number of thiazole rings is 1. The number of rotatable bonds is 4. The summed E-state index contributed by atoms with van der Waals surface area (Å²) in [5.74, 6) is -0.197. The number of amides is 3. The fraction of sp³-hybridized carbons (Fsp3) is 0.500. The van der Waals surface area contributed by atoms with Crippen LogP contribution in [0.5, 0.6) is 0 Å². The number of hydrogen-bond acceptors (Lipinski definition) is 7. The van der Waals surface area contributed by atoms with E-state index in [-0.39, 0.29) is 30.7 Å². The number of nitrogens with zero attached hydrogens (tertiary/aromatic N) is 4. The molecule has 0 unspecified atom stereocenters. The maximum atomic E-state index is 13.6. The summed E-state index contributed by atoms with van der Waals surface area (Å²) in [7, 11) is 0. The van der Waals surface area contributed by atoms with Gasteiger partial charge in [-0.2, -0.15) is 0 Å². The van der Waals surface area contributed by atoms with E-state index in [1.807, 2.05) is 36.7 Å². The Labute approximate surface area is 214 Å². The zero-order chi connectivity index (χ0) is 25.6. The zero-order valence-electron chi connectivity index (χ0n) is 20.7. The molecule has 2 saturated heterocycles. The number of hydrogen-bond donors (Lipinski definition) is 2. The fourth-order valence-corrected chi connectivity index (χ4v) is 6.32. The van der Waals surface area contributed by atoms with Crippen LogP contribution in [-0.2, 0) is 19.9 Å². The molecule has 0 aliphatic carbocycles. The maximum Gasteiger partial charge on any atom is 0.257 e. The average molecular weight is 510 g/mol. The van der Waals surface area contributed by atoms with Crippen molar-refractivity contribution < 1.29 is 19.5 Å². The number of aliphatic imine (C=N–C) groups is 1. The van der Waals surface area contributed by atoms with Gasteiger partial charge in [0.2, 0.25) is 11.8 Å². The molecule has 10 heteroatoms. The van der Waals surface area contributed by atoms with Crippen LogP contribution in [0.2, 0.25) is 0 Å². The van der Waals surface area contributed by atoms with Gasteiger partial charge in [-0.05, 0) is 44.2 Å². The van der Waals surface area contributed by atoms with Crippen molar-refractivity contribution in [2.24, 2.45) is 4.99 Å². The summed E-state index contributed by atoms with van der Waals surface area (Å²) < 4.78 is 0. The van der Waals surface area contributed by atoms with Gasteiger partial charge in [-0.25, -0.2) is 9.98 Å². The van der Waals surface area contributed by atoms with Gasteiger partial charge in [0.15, 0.2) is 5.54 Å². The number of carbonyl (C=O) groups is 3. The second-order valence-corrected chi connectivity index (χ2v) is 10.8. The molecule has 1 aromatic carbocycles. The Bertz CT molecular complexity index is 1230. The number of nitrogens with one attached hydrogen (secondary N) is 1. The number of aromatic nitrogens is 1. The summed E-state index contributed by atoms with van der Waals surface area (Å²) in [5, 5.41) is 13.4. The first-order valence-electron chi connectivity index (χ1n) is 12.4. The first kappa shape index (κ1) is 24.6. The lowest BCUT2D eigenvalue weighted by Crippen LogP contribution is -2.55. The highest BCUT2D eigenvalue weighted by Crippen LogP contribution is 2.35. The molecule has 3 aliphatic rings. The summed E-state index contributed by atoms with van der Waals surface area (Å²) in [6.45, 7) is 5.92. The van der Waals surface area contributed by atoms with Crippen LogP contribution in [0.1, 0.15) is 50.8 Å². The quantitative estimate of drug-likeness (QED) is 0.656. The molecular formula is C26H31N5O4S. The van der Waals surface area contributed by atoms with Gasteiger partial charge in [-0.15, -0.1) is 11.3 Å². The molecule has 0 saturated carbocycles. The minimum Gasteiger partial charge on any atom is -0.391 e. The number of benzene rings is 1. The number of aryl methyl sites for hydroxylation is 1. The van der Waals surface area contributed by atoms with Gasteiger partial charge in [0.05, 0.1) is 28.2 Å². The molecule has 5 rings (SSSR count). The lowest BCUT2D eigenvalue weighted by Gasteiger charge is -2.37. The molecular weight excluding hydrogens is 478 g/mol. The molecule has 0 bridgehead atoms. The monoisotopic (exact) mass is 509 g/mol. The first-order chi connectivity index (χ1) is 17.2. The standard InChI is InChI=1S/C26H31N5O4S/c1-15-22(36-14-27-15)17-7-9-18(10-8-17)26(3)25(35)28-23(29-26)21-12-19(33)13-31(21)24(34)20-6-4-5-11-30(20)16(2)32/h7-10,14,19-21,33H,4-6,11-13H2,1-3H3,(H,28,29,35)/t19-,20-,21-,26+/m1/s1. The molecule has 4 atom stereocenters. The summed E-state index contributed by atoms with van der Waals surface area (Å²) in [4.78, 5) is 52.3. The second-order valence-electron chi connectivity index (χ2n) is 9.99. The molecule has 190 valence electrons. The lowest BCUT2D eigenvalue weighted by atomic mass is 9.91. The van der Waals surface area contributed by atoms with Crippen molar-refractivity contribution in [3.63, 3.8) is 0 Å². The minimum atomic E-state index is -1.14. The van der Waals surface area contributed by atoms with Gasteiger partial charge in [0.25, 0.3) is 5.91 Å². The Morgan fingerprint density at radius 3 is 2.61 bits per heavy atom. The van der Waals surface area contributed by atoms with Crippen molar-refractivity contribution in [3.05, 3.63) is 41.0 Å². The van der Waals surface area contributed by atoms with E-state index in [9.17, 15) is 19.5 Å². The Morgan fingerprint density at radius 2 is 1.94 bits per heavy atom. The van der Waals surface area contributed by atoms with E-state index in [1.165, 1.54) is 6.92 Å². The smallest absolute Gasteiger partial charge is 0.257 e. The Balaban J connectivity index is 1.41. The Morgan fingerprint density at radius 1 is 1.19 bits per heavy atom. The molecule has 4 heterocycles. The molecule has 2 aromatic rings. The van der Waals surface area contributed by atoms with Crippen molar-refractivity contribution in [2.45, 2.75) is 70.2 Å². The van der Waals surface area contributed by atoms with Gasteiger partial charge >= 0.3 is 0 Å². The maximum absolute atomic E-state index is 13.6. The number of β-amino-alcohol motifs (C(OH)–C–C–N with tert-alkyl or cyclic N) is 1. The molecule has 3 aliphatic heterocycles. The van der Waals surface area contributed by atoms with Crippen LogP contribution in [0.3, 0.4) is 0 Å². The van der Waals surface area contributed by atoms with E-state index in [2.05, 4.69) is 10.3 Å². The number of amidine groups is 1. The van der Waals surface area contributed by atoms with E-state index in [4.69, 9.17) is 4.99 Å². The Hall–Kier alpha value is -3.11. The van der Waals surface area contributed by atoms with E-state index < -0.39 is 23.7 Å². The van der Waals surface area contributed by atoms with Crippen molar-refractivity contribution >= 4 is 34.9 Å². The highest BCUT2D eigenvalue weighted by molar-refractivity contribution is 7.13. The highest BCUT2D eigenvalue weighted by atomic mass is 32.1. The lowest BCUT2D eigenvalue weighted by molar-refractivity contribution is -0.146. The second kappa shape index (κ2) is 9.40. The summed E-state index contributed by atoms with van der Waals surface area (Å²) in [5.41, 5.74) is 3.40. The van der Waals surface area contributed by atoms with Crippen LogP contribution in [0.25, 0.3) is 10.4 Å². The predicted molar refractivity (Wildman–Crippen MR) is 136 cm³/mol. The summed E-state index contributed by atoms with van der Waals surface area (Å²) in [6.07, 6.45) is 1.91. The molecule has 2 fully saturated rings. The highest BCUT2D eigenvalue weighted by Gasteiger charge is 2.48. The molecule has 9 nitrogen and oxygen atoms in total. The van der Waals surface area contributed by atoms with Crippen molar-refractivity contribution in [2.75, 3.05) is 13.1 Å². The fourth-order valence-electron chi connectivity index (χ4n) is 5.51. The van der Waals surface area contributed by atoms with Crippen LogP contribution in [0.4, 0.5) is 0 Å². The van der Waals surface area contributed by atoms with Gasteiger partial charge in [-0.1, -0.05) is 24.3 Å². The summed E-state index contributed by atoms with van der Waals surface area (Å²) >= 11 is 1.57. The summed E-state index contributed by atoms with van der Waals surface area (Å²) in [6, 6.07) is 6.65. The van der Waals surface area contributed by atoms with Gasteiger partial charge in [-0.3, -0.25) is 14.4 Å². The number of carbonyl (C=O) groups excluding carboxylic acids is 3. The van der Waals surface area contributed by atoms with E-state index in [0.717, 1.165) is 34.5 Å². The minimum absolute atomic E-state index is 0.125. The van der Waals surface area contributed by atoms with Gasteiger partial charge < -0.3 is 20.2 Å². The first-order valence-corrected chi connectivity index (χ1v) is 13.2. The van der Waals surface area contributed by atoms with E-state index in [1.54, 1.807) is 28.1 Å². The van der Waals surface area contributed by atoms with Crippen LogP contribution >= 0.6 is 11.3 Å². The average Bonchev–Trinajstić information content (AvgIpc) is 3.56. The zero-order valence-corrected chi connectivity index (χ0v) is 21.5. The van der Waals surface area contributed by atoms with Crippen LogP contribution in [0, 0.1) is 6.92 Å². The molecule has 1 aromatic heterocycles. The van der Waals surface area contributed by atoms with E-state index >= 15 is 0 Å². The van der Waals surface area contributed by atoms with Crippen molar-refractivity contribution in [1.82, 2.24) is 20.1 Å². The predicted octanol–water partition coefficient (Wildman–Crippen LogP) is 2.22. The molecule has 0 spiro atoms. The molecule has 36 heavy (non-hydrogen) atoms. The SMILES string of the molecule is CC(=O)N1CCCC[C@@H]1C(=O)N1C[C@H](O)C[C@@H]1C1=N[C@@](C)(c2ccc(-c3scnc3C)cc2)C(=O)N1. The third-order valence-corrected chi connectivity index (χ3v) is 8.53. The third-order valence-electron chi connectivity index (χ3n) is 7.55. The van der Waals surface area contributed by atoms with Crippen LogP contribution in [-0.4, -0.2) is 74.7 Å². The number of likely N-dealkylation sites (tertiary alicyclic amines) is 2. The van der Waals surface area contributed by atoms with Crippen LogP contribution in [0.15, 0.2) is 34.8 Å². The Kier molecular flexibility index (Phi) is 6.42. The number of aliphatic hydroxyl groups is 1. The molecule has 0 radical (unpaired) electrons. The number of aliphatic hydroxyl groups excluding tert-OH is 1. The van der Waals surface area contributed by atoms with Crippen molar-refractivity contribution in [3.8, 4) is 10.4 Å². The van der Waals surface area contributed by atoms with Gasteiger partial charge in [0.1, 0.15) is 11.9 Å². The normalized spacial score (nSPS) is 28.3. The van der Waals surface area contributed by atoms with Crippen LogP contribution < -0.4 is 5.32 Å². The van der Waals surface area contributed by atoms with Gasteiger partial charge in [0, 0.05) is 26.4 Å². The molecule has 3 amide bonds. The molecule has 2 N–H and O–H groups in total. The topological polar surface area (TPSA) is 115 Å². The van der Waals surface area contributed by atoms with Crippen molar-refractivity contribution in [1.29, 1.82) is 0 Å². The third kappa shape index (κ3) is 4.22. The van der Waals surface area contributed by atoms with E-state index in [0.29, 0.717) is 18.8 Å².